The van der Waals surface area contributed by atoms with Gasteiger partial charge in [-0.1, -0.05) is 48.4 Å². The molecule has 2 aromatic carbocycles. The fourth-order valence-electron chi connectivity index (χ4n) is 2.89. The van der Waals surface area contributed by atoms with Crippen molar-refractivity contribution in [2.24, 2.45) is 0 Å². The second kappa shape index (κ2) is 10.5. The van der Waals surface area contributed by atoms with Crippen molar-refractivity contribution in [3.63, 3.8) is 0 Å². The zero-order valence-corrected chi connectivity index (χ0v) is 17.5. The summed E-state index contributed by atoms with van der Waals surface area (Å²) in [6, 6.07) is 22.1. The van der Waals surface area contributed by atoms with Gasteiger partial charge in [0, 0.05) is 23.0 Å². The van der Waals surface area contributed by atoms with Crippen molar-refractivity contribution >= 4 is 17.5 Å². The van der Waals surface area contributed by atoms with Crippen molar-refractivity contribution in [1.82, 2.24) is 20.3 Å². The number of anilines is 1. The van der Waals surface area contributed by atoms with Gasteiger partial charge in [-0.15, -0.1) is 0 Å². The average molecular weight is 433 g/mol. The van der Waals surface area contributed by atoms with Gasteiger partial charge in [0.25, 0.3) is 0 Å². The van der Waals surface area contributed by atoms with Crippen LogP contribution in [-0.4, -0.2) is 26.8 Å². The third-order valence-corrected chi connectivity index (χ3v) is 4.53. The highest BCUT2D eigenvalue weighted by Gasteiger charge is 2.14. The molecule has 160 valence electrons. The van der Waals surface area contributed by atoms with Crippen molar-refractivity contribution in [1.29, 1.82) is 0 Å². The normalized spacial score (nSPS) is 9.94. The first-order valence-electron chi connectivity index (χ1n) is 10.2. The highest BCUT2D eigenvalue weighted by molar-refractivity contribution is 6.39. The zero-order valence-electron chi connectivity index (χ0n) is 17.5. The molecule has 7 nitrogen and oxygen atoms in total. The summed E-state index contributed by atoms with van der Waals surface area (Å²) in [6.07, 6.45) is 4.88. The Bertz CT molecular complexity index is 1310. The second-order valence-corrected chi connectivity index (χ2v) is 6.94. The first-order valence-corrected chi connectivity index (χ1v) is 10.2. The van der Waals surface area contributed by atoms with Crippen LogP contribution in [0.4, 0.5) is 5.69 Å². The summed E-state index contributed by atoms with van der Waals surface area (Å²) >= 11 is 0. The zero-order chi connectivity index (χ0) is 22.9. The third kappa shape index (κ3) is 6.09. The van der Waals surface area contributed by atoms with E-state index in [9.17, 15) is 9.59 Å². The summed E-state index contributed by atoms with van der Waals surface area (Å²) in [4.78, 5) is 37.3. The number of amides is 2. The lowest BCUT2D eigenvalue weighted by molar-refractivity contribution is -0.136. The van der Waals surface area contributed by atoms with E-state index in [1.807, 2.05) is 54.6 Å². The van der Waals surface area contributed by atoms with E-state index < -0.39 is 11.8 Å². The Morgan fingerprint density at radius 3 is 2.39 bits per heavy atom. The Morgan fingerprint density at radius 1 is 0.788 bits per heavy atom. The Labute approximate surface area is 191 Å². The SMILES string of the molecule is O=C(NCc1cnc(-c2ccccc2)cn1)C(=O)Nc1cccc(C#Cc2ccccn2)c1. The molecule has 0 atom stereocenters. The monoisotopic (exact) mass is 433 g/mol. The number of hydrogen-bond donors (Lipinski definition) is 2. The molecule has 0 spiro atoms. The summed E-state index contributed by atoms with van der Waals surface area (Å²) in [5.41, 5.74) is 4.03. The lowest BCUT2D eigenvalue weighted by Crippen LogP contribution is -2.35. The number of nitrogens with zero attached hydrogens (tertiary/aromatic N) is 3. The van der Waals surface area contributed by atoms with Crippen LogP contribution in [0.5, 0.6) is 0 Å². The molecule has 0 aliphatic carbocycles. The van der Waals surface area contributed by atoms with Crippen LogP contribution in [-0.2, 0) is 16.1 Å². The highest BCUT2D eigenvalue weighted by Crippen LogP contribution is 2.14. The third-order valence-electron chi connectivity index (χ3n) is 4.53. The van der Waals surface area contributed by atoms with Gasteiger partial charge in [-0.05, 0) is 36.3 Å². The maximum absolute atomic E-state index is 12.3. The number of benzene rings is 2. The average Bonchev–Trinajstić information content (AvgIpc) is 2.88. The number of carbonyl (C=O) groups is 2. The lowest BCUT2D eigenvalue weighted by atomic mass is 10.2. The maximum Gasteiger partial charge on any atom is 0.313 e. The fraction of sp³-hybridized carbons (Fsp3) is 0.0385. The number of hydrogen-bond acceptors (Lipinski definition) is 5. The molecule has 0 radical (unpaired) electrons. The number of nitrogens with one attached hydrogen (secondary N) is 2. The Kier molecular flexibility index (Phi) is 6.79. The molecule has 0 aliphatic heterocycles. The van der Waals surface area contributed by atoms with E-state index in [1.165, 1.54) is 0 Å². The number of rotatable bonds is 4. The Balaban J connectivity index is 1.32. The van der Waals surface area contributed by atoms with E-state index in [0.717, 1.165) is 11.3 Å². The molecule has 2 amide bonds. The van der Waals surface area contributed by atoms with E-state index in [2.05, 4.69) is 37.4 Å². The molecule has 0 bridgehead atoms. The van der Waals surface area contributed by atoms with Crippen molar-refractivity contribution < 1.29 is 9.59 Å². The summed E-state index contributed by atoms with van der Waals surface area (Å²) in [5, 5.41) is 5.13. The summed E-state index contributed by atoms with van der Waals surface area (Å²) in [6.45, 7) is 0.0872. The van der Waals surface area contributed by atoms with Crippen molar-refractivity contribution in [2.45, 2.75) is 6.54 Å². The van der Waals surface area contributed by atoms with Crippen LogP contribution in [0.1, 0.15) is 17.0 Å². The predicted molar refractivity (Wildman–Crippen MR) is 125 cm³/mol. The fourth-order valence-corrected chi connectivity index (χ4v) is 2.89. The van der Waals surface area contributed by atoms with Gasteiger partial charge in [0.05, 0.1) is 30.3 Å². The Hall–Kier alpha value is -4.83. The quantitative estimate of drug-likeness (QED) is 0.381. The summed E-state index contributed by atoms with van der Waals surface area (Å²) < 4.78 is 0. The molecule has 0 aliphatic rings. The Morgan fingerprint density at radius 2 is 1.64 bits per heavy atom. The first kappa shape index (κ1) is 21.4. The molecule has 33 heavy (non-hydrogen) atoms. The van der Waals surface area contributed by atoms with Gasteiger partial charge in [0.15, 0.2) is 0 Å². The topological polar surface area (TPSA) is 96.9 Å². The second-order valence-electron chi connectivity index (χ2n) is 6.94. The van der Waals surface area contributed by atoms with E-state index in [0.29, 0.717) is 22.6 Å². The molecule has 4 rings (SSSR count). The van der Waals surface area contributed by atoms with Crippen LogP contribution in [0.15, 0.2) is 91.4 Å². The van der Waals surface area contributed by atoms with Gasteiger partial charge >= 0.3 is 11.8 Å². The number of aromatic nitrogens is 3. The first-order chi connectivity index (χ1) is 16.2. The van der Waals surface area contributed by atoms with Crippen LogP contribution in [0, 0.1) is 11.8 Å². The van der Waals surface area contributed by atoms with Gasteiger partial charge in [0.1, 0.15) is 5.69 Å². The van der Waals surface area contributed by atoms with Gasteiger partial charge in [0.2, 0.25) is 0 Å². The highest BCUT2D eigenvalue weighted by atomic mass is 16.2. The van der Waals surface area contributed by atoms with Crippen LogP contribution < -0.4 is 10.6 Å². The van der Waals surface area contributed by atoms with Crippen LogP contribution in [0.3, 0.4) is 0 Å². The van der Waals surface area contributed by atoms with E-state index in [1.54, 1.807) is 36.8 Å². The molecule has 7 heteroatoms. The van der Waals surface area contributed by atoms with E-state index >= 15 is 0 Å². The van der Waals surface area contributed by atoms with Crippen LogP contribution in [0.25, 0.3) is 11.3 Å². The molecule has 0 saturated carbocycles. The standard InChI is InChI=1S/C26H19N5O2/c32-25(30-17-23-16-29-24(18-28-23)20-8-2-1-3-9-20)26(33)31-22-11-6-7-19(15-22)12-13-21-10-4-5-14-27-21/h1-11,14-16,18H,17H2,(H,30,32)(H,31,33). The predicted octanol–water partition coefficient (Wildman–Crippen LogP) is 3.19. The largest absolute Gasteiger partial charge is 0.342 e. The molecule has 2 aromatic heterocycles. The smallest absolute Gasteiger partial charge is 0.313 e. The minimum absolute atomic E-state index is 0.0872. The summed E-state index contributed by atoms with van der Waals surface area (Å²) in [7, 11) is 0. The minimum Gasteiger partial charge on any atom is -0.342 e. The molecular weight excluding hydrogens is 414 g/mol. The summed E-state index contributed by atoms with van der Waals surface area (Å²) in [5.74, 6) is 4.39. The molecule has 4 aromatic rings. The molecular formula is C26H19N5O2. The van der Waals surface area contributed by atoms with Gasteiger partial charge < -0.3 is 10.6 Å². The van der Waals surface area contributed by atoms with E-state index in [4.69, 9.17) is 0 Å². The van der Waals surface area contributed by atoms with Crippen LogP contribution in [0.2, 0.25) is 0 Å². The van der Waals surface area contributed by atoms with Gasteiger partial charge in [-0.25, -0.2) is 4.98 Å². The molecule has 0 fully saturated rings. The van der Waals surface area contributed by atoms with E-state index in [-0.39, 0.29) is 6.54 Å². The van der Waals surface area contributed by atoms with Crippen LogP contribution >= 0.6 is 0 Å². The minimum atomic E-state index is -0.779. The number of pyridine rings is 1. The molecule has 2 heterocycles. The maximum atomic E-state index is 12.3. The molecule has 2 N–H and O–H groups in total. The van der Waals surface area contributed by atoms with Crippen molar-refractivity contribution in [3.8, 4) is 23.1 Å². The van der Waals surface area contributed by atoms with Gasteiger partial charge in [-0.2, -0.15) is 0 Å². The van der Waals surface area contributed by atoms with Crippen molar-refractivity contribution in [3.05, 3.63) is 108 Å². The van der Waals surface area contributed by atoms with Gasteiger partial charge in [-0.3, -0.25) is 19.6 Å². The van der Waals surface area contributed by atoms with Crippen molar-refractivity contribution in [2.75, 3.05) is 5.32 Å². The number of carbonyl (C=O) groups excluding carboxylic acids is 2. The molecule has 0 saturated heterocycles. The lowest BCUT2D eigenvalue weighted by Gasteiger charge is -2.07. The molecule has 0 unspecified atom stereocenters.